The number of anilines is 2. The van der Waals surface area contributed by atoms with Crippen LogP contribution in [0.3, 0.4) is 0 Å². The van der Waals surface area contributed by atoms with E-state index < -0.39 is 0 Å². The van der Waals surface area contributed by atoms with Crippen LogP contribution in [0, 0.1) is 0 Å². The zero-order valence-electron chi connectivity index (χ0n) is 19.7. The Hall–Kier alpha value is -3.23. The van der Waals surface area contributed by atoms with E-state index in [1.165, 1.54) is 0 Å². The van der Waals surface area contributed by atoms with Gasteiger partial charge in [0.1, 0.15) is 5.52 Å². The maximum absolute atomic E-state index is 12.1. The lowest BCUT2D eigenvalue weighted by Crippen LogP contribution is -2.33. The van der Waals surface area contributed by atoms with Crippen molar-refractivity contribution in [1.29, 1.82) is 0 Å². The van der Waals surface area contributed by atoms with E-state index in [9.17, 15) is 9.59 Å². The highest BCUT2D eigenvalue weighted by atomic mass is 16.3. The third kappa shape index (κ3) is 7.13. The molecule has 2 aromatic carbocycles. The molecule has 0 unspecified atom stereocenters. The predicted molar refractivity (Wildman–Crippen MR) is 132 cm³/mol. The van der Waals surface area contributed by atoms with E-state index in [4.69, 9.17) is 4.42 Å². The molecule has 0 aliphatic rings. The van der Waals surface area contributed by atoms with Gasteiger partial charge in [0.05, 0.1) is 13.1 Å². The Morgan fingerprint density at radius 2 is 1.39 bits per heavy atom. The first-order valence-corrected chi connectivity index (χ1v) is 11.5. The van der Waals surface area contributed by atoms with E-state index in [1.807, 2.05) is 38.1 Å². The topological polar surface area (TPSA) is 108 Å². The van der Waals surface area contributed by atoms with Crippen molar-refractivity contribution in [1.82, 2.24) is 15.6 Å². The minimum absolute atomic E-state index is 0.0844. The summed E-state index contributed by atoms with van der Waals surface area (Å²) in [6.45, 7) is 8.76. The Morgan fingerprint density at radius 1 is 0.848 bits per heavy atom. The average Bonchev–Trinajstić information content (AvgIpc) is 3.24. The number of amides is 2. The molecule has 176 valence electrons. The molecule has 3 aromatic rings. The zero-order chi connectivity index (χ0) is 23.8. The third-order valence-corrected chi connectivity index (χ3v) is 5.53. The van der Waals surface area contributed by atoms with Crippen LogP contribution < -0.4 is 21.3 Å². The number of carbonyl (C=O) groups excluding carboxylic acids is 2. The fraction of sp³-hybridized carbons (Fsp3) is 0.400. The predicted octanol–water partition coefficient (Wildman–Crippen LogP) is 4.15. The molecule has 8 heteroatoms. The quantitative estimate of drug-likeness (QED) is 0.349. The first-order chi connectivity index (χ1) is 15.9. The number of oxazole rings is 1. The third-order valence-electron chi connectivity index (χ3n) is 5.53. The minimum atomic E-state index is -0.102. The van der Waals surface area contributed by atoms with Crippen LogP contribution in [-0.4, -0.2) is 42.0 Å². The number of hydrogen-bond acceptors (Lipinski definition) is 6. The average molecular weight is 452 g/mol. The highest BCUT2D eigenvalue weighted by Crippen LogP contribution is 2.27. The van der Waals surface area contributed by atoms with Crippen molar-refractivity contribution in [2.45, 2.75) is 52.6 Å². The van der Waals surface area contributed by atoms with E-state index in [0.29, 0.717) is 34.4 Å². The number of nitrogens with one attached hydrogen (secondary N) is 4. The summed E-state index contributed by atoms with van der Waals surface area (Å²) in [6, 6.07) is 13.3. The van der Waals surface area contributed by atoms with Gasteiger partial charge in [0, 0.05) is 29.0 Å². The highest BCUT2D eigenvalue weighted by Gasteiger charge is 2.11. The fourth-order valence-corrected chi connectivity index (χ4v) is 3.06. The summed E-state index contributed by atoms with van der Waals surface area (Å²) in [4.78, 5) is 28.8. The number of rotatable bonds is 11. The Labute approximate surface area is 194 Å². The van der Waals surface area contributed by atoms with Crippen LogP contribution in [0.1, 0.15) is 40.5 Å². The lowest BCUT2D eigenvalue weighted by Gasteiger charge is -2.11. The van der Waals surface area contributed by atoms with Crippen molar-refractivity contribution < 1.29 is 14.0 Å². The van der Waals surface area contributed by atoms with Gasteiger partial charge in [-0.1, -0.05) is 13.8 Å². The molecule has 0 radical (unpaired) electrons. The summed E-state index contributed by atoms with van der Waals surface area (Å²) in [5.41, 5.74) is 3.47. The van der Waals surface area contributed by atoms with Gasteiger partial charge >= 0.3 is 0 Å². The first kappa shape index (κ1) is 24.4. The molecule has 0 spiro atoms. The summed E-state index contributed by atoms with van der Waals surface area (Å²) < 4.78 is 5.87. The van der Waals surface area contributed by atoms with Crippen molar-refractivity contribution in [2.24, 2.45) is 0 Å². The van der Waals surface area contributed by atoms with Crippen molar-refractivity contribution in [3.63, 3.8) is 0 Å². The number of nitrogens with zero attached hydrogens (tertiary/aromatic N) is 1. The molecule has 0 aliphatic carbocycles. The summed E-state index contributed by atoms with van der Waals surface area (Å²) in [7, 11) is 0. The molecule has 0 saturated carbocycles. The van der Waals surface area contributed by atoms with E-state index in [0.717, 1.165) is 18.4 Å². The second-order valence-corrected chi connectivity index (χ2v) is 8.26. The van der Waals surface area contributed by atoms with Gasteiger partial charge in [-0.25, -0.2) is 4.98 Å². The Kier molecular flexibility index (Phi) is 8.57. The number of aromatic nitrogens is 1. The molecule has 33 heavy (non-hydrogen) atoms. The molecule has 2 atom stereocenters. The van der Waals surface area contributed by atoms with Gasteiger partial charge < -0.3 is 25.7 Å². The highest BCUT2D eigenvalue weighted by molar-refractivity contribution is 5.94. The van der Waals surface area contributed by atoms with Crippen LogP contribution in [0.2, 0.25) is 0 Å². The van der Waals surface area contributed by atoms with Gasteiger partial charge in [0.2, 0.25) is 17.7 Å². The number of benzene rings is 2. The number of carbonyl (C=O) groups is 2. The van der Waals surface area contributed by atoms with Crippen molar-refractivity contribution in [3.05, 3.63) is 42.5 Å². The van der Waals surface area contributed by atoms with Gasteiger partial charge in [0.15, 0.2) is 5.58 Å². The molecule has 1 aromatic heterocycles. The lowest BCUT2D eigenvalue weighted by atomic mass is 10.2. The largest absolute Gasteiger partial charge is 0.436 e. The fourth-order valence-electron chi connectivity index (χ4n) is 3.06. The van der Waals surface area contributed by atoms with Gasteiger partial charge in [-0.05, 0) is 69.2 Å². The van der Waals surface area contributed by atoms with E-state index in [-0.39, 0.29) is 30.9 Å². The Morgan fingerprint density at radius 3 is 1.97 bits per heavy atom. The second-order valence-electron chi connectivity index (χ2n) is 8.26. The molecular weight excluding hydrogens is 418 g/mol. The van der Waals surface area contributed by atoms with E-state index in [1.54, 1.807) is 18.2 Å². The van der Waals surface area contributed by atoms with Gasteiger partial charge in [-0.15, -0.1) is 0 Å². The van der Waals surface area contributed by atoms with Crippen LogP contribution in [0.4, 0.5) is 11.4 Å². The van der Waals surface area contributed by atoms with E-state index >= 15 is 0 Å². The molecule has 0 saturated heterocycles. The van der Waals surface area contributed by atoms with Gasteiger partial charge in [-0.3, -0.25) is 9.59 Å². The van der Waals surface area contributed by atoms with Crippen molar-refractivity contribution in [2.75, 3.05) is 23.7 Å². The van der Waals surface area contributed by atoms with Crippen molar-refractivity contribution in [3.8, 4) is 11.5 Å². The first-order valence-electron chi connectivity index (χ1n) is 11.5. The Bertz CT molecular complexity index is 1080. The maximum Gasteiger partial charge on any atom is 0.238 e. The molecule has 2 amide bonds. The molecule has 8 nitrogen and oxygen atoms in total. The summed E-state index contributed by atoms with van der Waals surface area (Å²) in [5.74, 6) is 0.289. The summed E-state index contributed by atoms with van der Waals surface area (Å²) in [6.07, 6.45) is 1.93. The second kappa shape index (κ2) is 11.6. The zero-order valence-corrected chi connectivity index (χ0v) is 19.7. The summed E-state index contributed by atoms with van der Waals surface area (Å²) >= 11 is 0. The SMILES string of the molecule is CC[C@@H](C)NCC(=O)Nc1ccc2oc(-c3ccc(NC(=O)CN[C@@H](C)CC)cc3)nc2c1. The van der Waals surface area contributed by atoms with Crippen LogP contribution >= 0.6 is 0 Å². The molecule has 0 aliphatic heterocycles. The molecule has 0 bridgehead atoms. The van der Waals surface area contributed by atoms with Crippen molar-refractivity contribution >= 4 is 34.3 Å². The van der Waals surface area contributed by atoms with Crippen LogP contribution in [-0.2, 0) is 9.59 Å². The molecule has 0 fully saturated rings. The van der Waals surface area contributed by atoms with Crippen LogP contribution in [0.15, 0.2) is 46.9 Å². The van der Waals surface area contributed by atoms with Crippen LogP contribution in [0.5, 0.6) is 0 Å². The van der Waals surface area contributed by atoms with Gasteiger partial charge in [0.25, 0.3) is 0 Å². The molecule has 3 rings (SSSR count). The molecule has 1 heterocycles. The standard InChI is InChI=1S/C25H33N5O3/c1-5-16(3)26-14-23(31)28-19-9-7-18(8-10-19)25-30-21-13-20(11-12-22(21)33-25)29-24(32)15-27-17(4)6-2/h7-13,16-17,26-27H,5-6,14-15H2,1-4H3,(H,28,31)(H,29,32)/t16-,17+/m0/s1. The van der Waals surface area contributed by atoms with Crippen LogP contribution in [0.25, 0.3) is 22.6 Å². The number of fused-ring (bicyclic) bond motifs is 1. The molecular formula is C25H33N5O3. The van der Waals surface area contributed by atoms with Gasteiger partial charge in [-0.2, -0.15) is 0 Å². The normalized spacial score (nSPS) is 13.0. The number of hydrogen-bond donors (Lipinski definition) is 4. The summed E-state index contributed by atoms with van der Waals surface area (Å²) in [5, 5.41) is 12.1. The smallest absolute Gasteiger partial charge is 0.238 e. The monoisotopic (exact) mass is 451 g/mol. The molecule has 4 N–H and O–H groups in total. The lowest BCUT2D eigenvalue weighted by molar-refractivity contribution is -0.116. The maximum atomic E-state index is 12.1. The van der Waals surface area contributed by atoms with E-state index in [2.05, 4.69) is 40.1 Å². The minimum Gasteiger partial charge on any atom is -0.436 e. The Balaban J connectivity index is 1.62.